The molecule has 4 aromatic rings. The lowest BCUT2D eigenvalue weighted by Crippen LogP contribution is -2.20. The molecule has 1 aromatic heterocycles. The summed E-state index contributed by atoms with van der Waals surface area (Å²) in [5.41, 5.74) is 2.99. The van der Waals surface area contributed by atoms with Gasteiger partial charge in [-0.25, -0.2) is 9.07 Å². The Bertz CT molecular complexity index is 1320. The van der Waals surface area contributed by atoms with Gasteiger partial charge in [-0.05, 0) is 47.5 Å². The minimum atomic E-state index is -0.432. The molecule has 0 unspecified atom stereocenters. The number of amides is 1. The molecule has 0 radical (unpaired) electrons. The number of benzene rings is 3. The number of nitrogens with one attached hydrogen (secondary N) is 2. The molecule has 1 aliphatic heterocycles. The first-order valence-electron chi connectivity index (χ1n) is 9.90. The molecule has 0 aliphatic carbocycles. The highest BCUT2D eigenvalue weighted by Gasteiger charge is 2.27. The van der Waals surface area contributed by atoms with E-state index in [1.54, 1.807) is 4.68 Å². The highest BCUT2D eigenvalue weighted by Crippen LogP contribution is 2.35. The van der Waals surface area contributed by atoms with Gasteiger partial charge in [0.2, 0.25) is 5.95 Å². The topological polar surface area (TPSA) is 71.8 Å². The fourth-order valence-electron chi connectivity index (χ4n) is 3.54. The molecule has 158 valence electrons. The summed E-state index contributed by atoms with van der Waals surface area (Å²) in [6, 6.07) is 22.3. The van der Waals surface area contributed by atoms with Gasteiger partial charge in [-0.2, -0.15) is 4.98 Å². The molecule has 0 saturated heterocycles. The number of aromatic nitrogens is 3. The van der Waals surface area contributed by atoms with E-state index < -0.39 is 11.7 Å². The molecule has 2 N–H and O–H groups in total. The summed E-state index contributed by atoms with van der Waals surface area (Å²) in [5.74, 6) is -0.255. The second-order valence-electron chi connectivity index (χ2n) is 7.20. The number of fused-ring (bicyclic) bond motifs is 1. The number of anilines is 2. The van der Waals surface area contributed by atoms with E-state index in [1.165, 1.54) is 24.3 Å². The highest BCUT2D eigenvalue weighted by atomic mass is 35.5. The van der Waals surface area contributed by atoms with Crippen molar-refractivity contribution >= 4 is 35.1 Å². The molecule has 0 bridgehead atoms. The Morgan fingerprint density at radius 3 is 2.47 bits per heavy atom. The Hall–Kier alpha value is -3.97. The van der Waals surface area contributed by atoms with Crippen molar-refractivity contribution < 1.29 is 9.18 Å². The molecule has 0 spiro atoms. The van der Waals surface area contributed by atoms with Gasteiger partial charge in [-0.15, -0.1) is 5.10 Å². The van der Waals surface area contributed by atoms with Crippen LogP contribution >= 0.6 is 11.6 Å². The van der Waals surface area contributed by atoms with Crippen LogP contribution < -0.4 is 10.6 Å². The van der Waals surface area contributed by atoms with Crippen LogP contribution in [0.3, 0.4) is 0 Å². The average Bonchev–Trinajstić information content (AvgIpc) is 3.22. The molecule has 5 rings (SSSR count). The van der Waals surface area contributed by atoms with Crippen LogP contribution in [0, 0.1) is 5.82 Å². The molecule has 1 aliphatic rings. The third-order valence-electron chi connectivity index (χ3n) is 5.11. The van der Waals surface area contributed by atoms with Gasteiger partial charge in [0, 0.05) is 16.3 Å². The predicted molar refractivity (Wildman–Crippen MR) is 122 cm³/mol. The fourth-order valence-corrected chi connectivity index (χ4v) is 3.79. The molecular formula is C24H17ClFN5O. The van der Waals surface area contributed by atoms with Gasteiger partial charge < -0.3 is 5.32 Å². The standard InChI is InChI=1S/C24H17ClFN5O/c25-19-9-5-4-8-18(19)21-14-20(15-6-2-1-3-7-15)27-24-29-23(30-31(21)24)28-22(32)16-10-12-17(26)13-11-16/h1-14,21H,(H2,27,28,29,30,32)/t21-/m1/s1. The van der Waals surface area contributed by atoms with E-state index in [-0.39, 0.29) is 12.0 Å². The van der Waals surface area contributed by atoms with Gasteiger partial charge in [0.25, 0.3) is 11.9 Å². The number of rotatable bonds is 4. The lowest BCUT2D eigenvalue weighted by atomic mass is 10.0. The summed E-state index contributed by atoms with van der Waals surface area (Å²) < 4.78 is 14.8. The number of hydrogen-bond acceptors (Lipinski definition) is 4. The predicted octanol–water partition coefficient (Wildman–Crippen LogP) is 5.38. The number of carbonyl (C=O) groups is 1. The van der Waals surface area contributed by atoms with Crippen molar-refractivity contribution in [2.24, 2.45) is 0 Å². The SMILES string of the molecule is O=C(Nc1nc2n(n1)[C@@H](c1ccccc1Cl)C=C(c1ccccc1)N2)c1ccc(F)cc1. The second-order valence-corrected chi connectivity index (χ2v) is 7.61. The summed E-state index contributed by atoms with van der Waals surface area (Å²) in [4.78, 5) is 17.0. The van der Waals surface area contributed by atoms with Crippen LogP contribution in [0.5, 0.6) is 0 Å². The van der Waals surface area contributed by atoms with Gasteiger partial charge in [-0.3, -0.25) is 10.1 Å². The second kappa shape index (κ2) is 8.28. The Labute approximate surface area is 188 Å². The molecule has 8 heteroatoms. The monoisotopic (exact) mass is 445 g/mol. The van der Waals surface area contributed by atoms with Crippen LogP contribution in [0.1, 0.15) is 27.5 Å². The van der Waals surface area contributed by atoms with Crippen molar-refractivity contribution in [3.05, 3.63) is 112 Å². The summed E-state index contributed by atoms with van der Waals surface area (Å²) in [6.07, 6.45) is 2.02. The molecule has 1 atom stereocenters. The van der Waals surface area contributed by atoms with Crippen molar-refractivity contribution in [1.82, 2.24) is 14.8 Å². The van der Waals surface area contributed by atoms with Crippen LogP contribution in [0.15, 0.2) is 84.9 Å². The molecule has 2 heterocycles. The van der Waals surface area contributed by atoms with Crippen molar-refractivity contribution in [1.29, 1.82) is 0 Å². The first-order valence-corrected chi connectivity index (χ1v) is 10.3. The highest BCUT2D eigenvalue weighted by molar-refractivity contribution is 6.31. The van der Waals surface area contributed by atoms with E-state index in [9.17, 15) is 9.18 Å². The smallest absolute Gasteiger partial charge is 0.258 e. The van der Waals surface area contributed by atoms with E-state index in [0.29, 0.717) is 16.5 Å². The van der Waals surface area contributed by atoms with E-state index >= 15 is 0 Å². The van der Waals surface area contributed by atoms with Crippen LogP contribution in [0.25, 0.3) is 5.70 Å². The van der Waals surface area contributed by atoms with Gasteiger partial charge in [0.05, 0.1) is 0 Å². The lowest BCUT2D eigenvalue weighted by Gasteiger charge is -2.24. The fraction of sp³-hybridized carbons (Fsp3) is 0.0417. The maximum absolute atomic E-state index is 13.2. The minimum absolute atomic E-state index is 0.126. The van der Waals surface area contributed by atoms with Crippen LogP contribution in [0.2, 0.25) is 5.02 Å². The number of halogens is 2. The van der Waals surface area contributed by atoms with Crippen molar-refractivity contribution in [2.45, 2.75) is 6.04 Å². The number of hydrogen-bond donors (Lipinski definition) is 2. The molecule has 1 amide bonds. The summed E-state index contributed by atoms with van der Waals surface area (Å²) in [6.45, 7) is 0. The van der Waals surface area contributed by atoms with Gasteiger partial charge in [0.15, 0.2) is 0 Å². The molecule has 0 fully saturated rings. The Balaban J connectivity index is 1.52. The van der Waals surface area contributed by atoms with E-state index in [2.05, 4.69) is 20.7 Å². The van der Waals surface area contributed by atoms with E-state index in [0.717, 1.165) is 16.8 Å². The van der Waals surface area contributed by atoms with Crippen molar-refractivity contribution in [2.75, 3.05) is 10.6 Å². The van der Waals surface area contributed by atoms with Gasteiger partial charge >= 0.3 is 0 Å². The van der Waals surface area contributed by atoms with Crippen LogP contribution in [0.4, 0.5) is 16.3 Å². The largest absolute Gasteiger partial charge is 0.324 e. The molecule has 6 nitrogen and oxygen atoms in total. The summed E-state index contributed by atoms with van der Waals surface area (Å²) in [7, 11) is 0. The average molecular weight is 446 g/mol. The summed E-state index contributed by atoms with van der Waals surface area (Å²) >= 11 is 6.49. The van der Waals surface area contributed by atoms with E-state index in [1.807, 2.05) is 60.7 Å². The zero-order valence-corrected chi connectivity index (χ0v) is 17.4. The number of nitrogens with zero attached hydrogens (tertiary/aromatic N) is 3. The number of allylic oxidation sites excluding steroid dienone is 1. The quantitative estimate of drug-likeness (QED) is 0.442. The molecule has 0 saturated carbocycles. The van der Waals surface area contributed by atoms with Crippen molar-refractivity contribution in [3.8, 4) is 0 Å². The number of carbonyl (C=O) groups excluding carboxylic acids is 1. The third kappa shape index (κ3) is 3.86. The van der Waals surface area contributed by atoms with Gasteiger partial charge in [0.1, 0.15) is 11.9 Å². The van der Waals surface area contributed by atoms with Crippen LogP contribution in [-0.4, -0.2) is 20.7 Å². The Kier molecular flexibility index (Phi) is 5.17. The molecule has 32 heavy (non-hydrogen) atoms. The lowest BCUT2D eigenvalue weighted by molar-refractivity contribution is 0.102. The van der Waals surface area contributed by atoms with Gasteiger partial charge in [-0.1, -0.05) is 60.1 Å². The zero-order chi connectivity index (χ0) is 22.1. The normalized spacial score (nSPS) is 14.8. The Morgan fingerprint density at radius 2 is 1.72 bits per heavy atom. The van der Waals surface area contributed by atoms with E-state index in [4.69, 9.17) is 11.6 Å². The maximum Gasteiger partial charge on any atom is 0.258 e. The Morgan fingerprint density at radius 1 is 1.00 bits per heavy atom. The summed E-state index contributed by atoms with van der Waals surface area (Å²) in [5, 5.41) is 11.0. The maximum atomic E-state index is 13.2. The third-order valence-corrected chi connectivity index (χ3v) is 5.45. The first-order chi connectivity index (χ1) is 15.6. The van der Waals surface area contributed by atoms with Crippen molar-refractivity contribution in [3.63, 3.8) is 0 Å². The zero-order valence-electron chi connectivity index (χ0n) is 16.7. The molecule has 3 aromatic carbocycles. The van der Waals surface area contributed by atoms with Crippen LogP contribution in [-0.2, 0) is 0 Å². The molecular weight excluding hydrogens is 429 g/mol. The minimum Gasteiger partial charge on any atom is -0.324 e. The first kappa shape index (κ1) is 20.0.